The van der Waals surface area contributed by atoms with Crippen LogP contribution in [0.3, 0.4) is 0 Å². The molecule has 88 valence electrons. The summed E-state index contributed by atoms with van der Waals surface area (Å²) in [5.74, 6) is -0.446. The van der Waals surface area contributed by atoms with Crippen LogP contribution in [-0.4, -0.2) is 56.5 Å². The third-order valence-corrected chi connectivity index (χ3v) is 2.28. The number of carbonyl (C=O) groups is 1. The van der Waals surface area contributed by atoms with Gasteiger partial charge in [-0.15, -0.1) is 0 Å². The fraction of sp³-hybridized carbons (Fsp3) is 0.889. The molecule has 6 nitrogen and oxygen atoms in total. The van der Waals surface area contributed by atoms with E-state index in [1.807, 2.05) is 0 Å². The molecule has 15 heavy (non-hydrogen) atoms. The van der Waals surface area contributed by atoms with Crippen molar-refractivity contribution in [3.05, 3.63) is 0 Å². The predicted molar refractivity (Wildman–Crippen MR) is 49.1 cm³/mol. The van der Waals surface area contributed by atoms with E-state index < -0.39 is 30.6 Å². The average molecular weight is 220 g/mol. The lowest BCUT2D eigenvalue weighted by molar-refractivity contribution is -0.267. The van der Waals surface area contributed by atoms with Crippen LogP contribution in [0.15, 0.2) is 0 Å². The van der Waals surface area contributed by atoms with Crippen LogP contribution < -0.4 is 0 Å². The van der Waals surface area contributed by atoms with E-state index in [1.165, 1.54) is 21.1 Å². The van der Waals surface area contributed by atoms with Crippen molar-refractivity contribution in [1.82, 2.24) is 0 Å². The van der Waals surface area contributed by atoms with Gasteiger partial charge in [-0.3, -0.25) is 4.79 Å². The molecular weight excluding hydrogens is 204 g/mol. The molecule has 0 aromatic rings. The summed E-state index contributed by atoms with van der Waals surface area (Å²) in [7, 11) is 2.89. The van der Waals surface area contributed by atoms with Crippen molar-refractivity contribution in [2.75, 3.05) is 20.8 Å². The zero-order valence-electron chi connectivity index (χ0n) is 9.00. The second-order valence-corrected chi connectivity index (χ2v) is 3.27. The summed E-state index contributed by atoms with van der Waals surface area (Å²) in [5, 5.41) is 9.47. The van der Waals surface area contributed by atoms with Gasteiger partial charge in [0.2, 0.25) is 0 Å². The maximum Gasteiger partial charge on any atom is 0.303 e. The first-order valence-corrected chi connectivity index (χ1v) is 4.62. The van der Waals surface area contributed by atoms with Gasteiger partial charge in [-0.1, -0.05) is 0 Å². The zero-order chi connectivity index (χ0) is 11.4. The summed E-state index contributed by atoms with van der Waals surface area (Å²) < 4.78 is 20.2. The molecule has 4 unspecified atom stereocenters. The number of aliphatic hydroxyl groups is 1. The van der Waals surface area contributed by atoms with Gasteiger partial charge in [0.1, 0.15) is 12.2 Å². The Bertz CT molecular complexity index is 219. The van der Waals surface area contributed by atoms with Crippen LogP contribution in [0.4, 0.5) is 0 Å². The summed E-state index contributed by atoms with van der Waals surface area (Å²) in [5.41, 5.74) is 0. The first-order chi connectivity index (χ1) is 7.10. The molecule has 0 aromatic heterocycles. The molecule has 1 heterocycles. The van der Waals surface area contributed by atoms with E-state index in [9.17, 15) is 9.90 Å². The molecule has 0 spiro atoms. The number of methoxy groups -OCH3 is 2. The van der Waals surface area contributed by atoms with E-state index in [1.54, 1.807) is 0 Å². The van der Waals surface area contributed by atoms with Gasteiger partial charge >= 0.3 is 5.97 Å². The lowest BCUT2D eigenvalue weighted by Gasteiger charge is -2.38. The molecule has 0 aromatic carbocycles. The molecule has 0 amide bonds. The predicted octanol–water partition coefficient (Wildman–Crippen LogP) is -0.703. The normalized spacial score (nSPS) is 36.3. The monoisotopic (exact) mass is 220 g/mol. The highest BCUT2D eigenvalue weighted by molar-refractivity contribution is 5.66. The van der Waals surface area contributed by atoms with Gasteiger partial charge in [0.05, 0.1) is 6.61 Å². The molecule has 6 heteroatoms. The highest BCUT2D eigenvalue weighted by Crippen LogP contribution is 2.21. The average Bonchev–Trinajstić information content (AvgIpc) is 2.18. The fourth-order valence-electron chi connectivity index (χ4n) is 1.54. The van der Waals surface area contributed by atoms with Gasteiger partial charge < -0.3 is 24.1 Å². The molecule has 4 atom stereocenters. The second kappa shape index (κ2) is 5.41. The number of carbonyl (C=O) groups excluding carboxylic acids is 1. The Balaban J connectivity index is 2.73. The fourth-order valence-corrected chi connectivity index (χ4v) is 1.54. The third kappa shape index (κ3) is 2.88. The second-order valence-electron chi connectivity index (χ2n) is 3.27. The van der Waals surface area contributed by atoms with Crippen molar-refractivity contribution in [2.45, 2.75) is 31.5 Å². The molecule has 1 saturated heterocycles. The topological polar surface area (TPSA) is 74.2 Å². The van der Waals surface area contributed by atoms with Crippen LogP contribution >= 0.6 is 0 Å². The van der Waals surface area contributed by atoms with E-state index >= 15 is 0 Å². The molecule has 0 aliphatic carbocycles. The maximum atomic E-state index is 10.9. The summed E-state index contributed by atoms with van der Waals surface area (Å²) in [6.45, 7) is 1.46. The molecule has 1 aliphatic rings. The Morgan fingerprint density at radius 1 is 1.33 bits per heavy atom. The Morgan fingerprint density at radius 3 is 2.47 bits per heavy atom. The number of hydrogen-bond donors (Lipinski definition) is 1. The summed E-state index contributed by atoms with van der Waals surface area (Å²) in [6.07, 6.45) is -2.91. The smallest absolute Gasteiger partial charge is 0.303 e. The molecule has 1 aliphatic heterocycles. The van der Waals surface area contributed by atoms with Gasteiger partial charge in [-0.25, -0.2) is 0 Å². The SMILES string of the molecule is COC1COC(O)C(OC)C1OC(C)=O. The quantitative estimate of drug-likeness (QED) is 0.634. The van der Waals surface area contributed by atoms with Crippen molar-refractivity contribution in [3.8, 4) is 0 Å². The zero-order valence-corrected chi connectivity index (χ0v) is 9.00. The number of aliphatic hydroxyl groups excluding tert-OH is 1. The van der Waals surface area contributed by atoms with Crippen LogP contribution in [0.25, 0.3) is 0 Å². The van der Waals surface area contributed by atoms with E-state index in [-0.39, 0.29) is 6.61 Å². The lowest BCUT2D eigenvalue weighted by Crippen LogP contribution is -2.56. The van der Waals surface area contributed by atoms with Crippen molar-refractivity contribution in [1.29, 1.82) is 0 Å². The molecule has 0 saturated carbocycles. The number of esters is 1. The van der Waals surface area contributed by atoms with Crippen molar-refractivity contribution >= 4 is 5.97 Å². The summed E-state index contributed by atoms with van der Waals surface area (Å²) in [4.78, 5) is 10.9. The molecule has 1 rings (SSSR count). The minimum absolute atomic E-state index is 0.162. The van der Waals surface area contributed by atoms with E-state index in [0.717, 1.165) is 0 Å². The minimum atomic E-state index is -1.11. The molecular formula is C9H16O6. The maximum absolute atomic E-state index is 10.9. The van der Waals surface area contributed by atoms with E-state index in [0.29, 0.717) is 0 Å². The highest BCUT2D eigenvalue weighted by atomic mass is 16.7. The van der Waals surface area contributed by atoms with Gasteiger partial charge in [-0.05, 0) is 0 Å². The van der Waals surface area contributed by atoms with Gasteiger partial charge in [0, 0.05) is 21.1 Å². The number of ether oxygens (including phenoxy) is 4. The van der Waals surface area contributed by atoms with Crippen molar-refractivity contribution in [3.63, 3.8) is 0 Å². The largest absolute Gasteiger partial charge is 0.457 e. The summed E-state index contributed by atoms with van der Waals surface area (Å²) in [6, 6.07) is 0. The highest BCUT2D eigenvalue weighted by Gasteiger charge is 2.42. The standard InChI is InChI=1S/C9H16O6/c1-5(10)15-7-6(12-2)4-14-9(11)8(7)13-3/h6-9,11H,4H2,1-3H3. The van der Waals surface area contributed by atoms with Crippen LogP contribution in [0.1, 0.15) is 6.92 Å². The van der Waals surface area contributed by atoms with Crippen LogP contribution in [0.2, 0.25) is 0 Å². The van der Waals surface area contributed by atoms with Gasteiger partial charge in [0.25, 0.3) is 0 Å². The van der Waals surface area contributed by atoms with Crippen molar-refractivity contribution in [2.24, 2.45) is 0 Å². The van der Waals surface area contributed by atoms with Crippen LogP contribution in [0.5, 0.6) is 0 Å². The Kier molecular flexibility index (Phi) is 4.46. The van der Waals surface area contributed by atoms with Crippen molar-refractivity contribution < 1.29 is 28.8 Å². The first kappa shape index (κ1) is 12.4. The lowest BCUT2D eigenvalue weighted by atomic mass is 10.0. The van der Waals surface area contributed by atoms with E-state index in [4.69, 9.17) is 18.9 Å². The number of rotatable bonds is 3. The van der Waals surface area contributed by atoms with E-state index in [2.05, 4.69) is 0 Å². The Morgan fingerprint density at radius 2 is 2.00 bits per heavy atom. The molecule has 1 fully saturated rings. The molecule has 0 radical (unpaired) electrons. The Labute approximate surface area is 88.1 Å². The van der Waals surface area contributed by atoms with Gasteiger partial charge in [-0.2, -0.15) is 0 Å². The van der Waals surface area contributed by atoms with Crippen LogP contribution in [0, 0.1) is 0 Å². The van der Waals surface area contributed by atoms with Crippen LogP contribution in [-0.2, 0) is 23.7 Å². The Hall–Kier alpha value is -0.690. The number of hydrogen-bond acceptors (Lipinski definition) is 6. The summed E-state index contributed by atoms with van der Waals surface area (Å²) >= 11 is 0. The molecule has 1 N–H and O–H groups in total. The minimum Gasteiger partial charge on any atom is -0.457 e. The first-order valence-electron chi connectivity index (χ1n) is 4.62. The van der Waals surface area contributed by atoms with Gasteiger partial charge in [0.15, 0.2) is 12.4 Å². The molecule has 0 bridgehead atoms. The third-order valence-electron chi connectivity index (χ3n) is 2.28.